The molecule has 0 spiro atoms. The number of rotatable bonds is 4. The molecule has 4 nitrogen and oxygen atoms in total. The molecule has 0 amide bonds. The average molecular weight is 204 g/mol. The van der Waals surface area contributed by atoms with Gasteiger partial charge in [-0.25, -0.2) is 0 Å². The number of unbranched alkanes of at least 4 members (excludes halogenated alkanes) is 1. The van der Waals surface area contributed by atoms with Crippen LogP contribution in [0.3, 0.4) is 0 Å². The first-order valence-electron chi connectivity index (χ1n) is 5.31. The van der Waals surface area contributed by atoms with Crippen molar-refractivity contribution in [3.63, 3.8) is 0 Å². The lowest BCUT2D eigenvalue weighted by molar-refractivity contribution is -0.181. The van der Waals surface area contributed by atoms with Crippen LogP contribution in [0.4, 0.5) is 0 Å². The number of ether oxygens (including phenoxy) is 1. The zero-order chi connectivity index (χ0) is 10.6. The topological polar surface area (TPSA) is 69.9 Å². The van der Waals surface area contributed by atoms with Crippen LogP contribution in [0.25, 0.3) is 0 Å². The minimum atomic E-state index is -0.743. The van der Waals surface area contributed by atoms with Crippen LogP contribution in [0.15, 0.2) is 0 Å². The molecule has 4 heteroatoms. The fourth-order valence-electron chi connectivity index (χ4n) is 1.79. The van der Waals surface area contributed by atoms with Crippen molar-refractivity contribution in [1.29, 1.82) is 0 Å². The highest BCUT2D eigenvalue weighted by Gasteiger charge is 2.35. The van der Waals surface area contributed by atoms with Gasteiger partial charge in [-0.3, -0.25) is 0 Å². The van der Waals surface area contributed by atoms with Crippen molar-refractivity contribution in [2.24, 2.45) is 0 Å². The molecule has 0 aromatic rings. The lowest BCUT2D eigenvalue weighted by Gasteiger charge is -2.36. The Hall–Kier alpha value is -0.160. The van der Waals surface area contributed by atoms with Gasteiger partial charge in [-0.1, -0.05) is 19.8 Å². The Kier molecular flexibility index (Phi) is 4.81. The molecule has 0 bridgehead atoms. The van der Waals surface area contributed by atoms with Crippen molar-refractivity contribution in [2.75, 3.05) is 6.61 Å². The van der Waals surface area contributed by atoms with Crippen LogP contribution in [0, 0.1) is 0 Å². The molecule has 1 aliphatic rings. The van der Waals surface area contributed by atoms with E-state index in [0.717, 1.165) is 19.3 Å². The maximum absolute atomic E-state index is 9.61. The van der Waals surface area contributed by atoms with Crippen LogP contribution < -0.4 is 0 Å². The SMILES string of the molecule is CCCCC1OC(CO)C(O)CC1O. The van der Waals surface area contributed by atoms with E-state index in [1.807, 2.05) is 0 Å². The number of hydrogen-bond acceptors (Lipinski definition) is 4. The highest BCUT2D eigenvalue weighted by atomic mass is 16.5. The summed E-state index contributed by atoms with van der Waals surface area (Å²) in [6.07, 6.45) is 1.05. The summed E-state index contributed by atoms with van der Waals surface area (Å²) in [5.74, 6) is 0. The molecule has 3 N–H and O–H groups in total. The van der Waals surface area contributed by atoms with Gasteiger partial charge in [-0.15, -0.1) is 0 Å². The molecular weight excluding hydrogens is 184 g/mol. The van der Waals surface area contributed by atoms with Gasteiger partial charge < -0.3 is 20.1 Å². The second-order valence-corrected chi connectivity index (χ2v) is 3.91. The lowest BCUT2D eigenvalue weighted by Crippen LogP contribution is -2.48. The van der Waals surface area contributed by atoms with Gasteiger partial charge in [0.15, 0.2) is 0 Å². The summed E-state index contributed by atoms with van der Waals surface area (Å²) in [6.45, 7) is 1.89. The van der Waals surface area contributed by atoms with Crippen molar-refractivity contribution >= 4 is 0 Å². The Balaban J connectivity index is 2.42. The summed E-state index contributed by atoms with van der Waals surface area (Å²) in [6, 6.07) is 0. The molecule has 0 aliphatic carbocycles. The number of aliphatic hydroxyl groups is 3. The van der Waals surface area contributed by atoms with Crippen molar-refractivity contribution in [3.05, 3.63) is 0 Å². The summed E-state index contributed by atoms with van der Waals surface area (Å²) in [4.78, 5) is 0. The molecule has 14 heavy (non-hydrogen) atoms. The van der Waals surface area contributed by atoms with Gasteiger partial charge in [0.25, 0.3) is 0 Å². The number of hydrogen-bond donors (Lipinski definition) is 3. The van der Waals surface area contributed by atoms with Crippen LogP contribution in [0.5, 0.6) is 0 Å². The maximum atomic E-state index is 9.61. The second kappa shape index (κ2) is 5.66. The third kappa shape index (κ3) is 2.92. The first-order chi connectivity index (χ1) is 6.69. The summed E-state index contributed by atoms with van der Waals surface area (Å²) < 4.78 is 5.41. The van der Waals surface area contributed by atoms with Gasteiger partial charge in [0.2, 0.25) is 0 Å². The number of aliphatic hydroxyl groups excluding tert-OH is 3. The third-order valence-corrected chi connectivity index (χ3v) is 2.71. The first-order valence-corrected chi connectivity index (χ1v) is 5.31. The second-order valence-electron chi connectivity index (χ2n) is 3.91. The molecule has 1 heterocycles. The van der Waals surface area contributed by atoms with E-state index in [1.165, 1.54) is 0 Å². The summed E-state index contributed by atoms with van der Waals surface area (Å²) in [7, 11) is 0. The van der Waals surface area contributed by atoms with Crippen LogP contribution in [-0.4, -0.2) is 46.3 Å². The summed E-state index contributed by atoms with van der Waals surface area (Å²) >= 11 is 0. The molecule has 1 aliphatic heterocycles. The van der Waals surface area contributed by atoms with Crippen LogP contribution in [0.2, 0.25) is 0 Å². The van der Waals surface area contributed by atoms with Crippen molar-refractivity contribution in [3.8, 4) is 0 Å². The zero-order valence-electron chi connectivity index (χ0n) is 8.59. The van der Waals surface area contributed by atoms with Crippen LogP contribution >= 0.6 is 0 Å². The molecule has 1 fully saturated rings. The quantitative estimate of drug-likeness (QED) is 0.605. The maximum Gasteiger partial charge on any atom is 0.107 e. The molecule has 1 saturated heterocycles. The smallest absolute Gasteiger partial charge is 0.107 e. The fraction of sp³-hybridized carbons (Fsp3) is 1.00. The third-order valence-electron chi connectivity index (χ3n) is 2.71. The standard InChI is InChI=1S/C10H20O4/c1-2-3-4-9-7(12)5-8(13)10(6-11)14-9/h7-13H,2-6H2,1H3. The van der Waals surface area contributed by atoms with E-state index in [-0.39, 0.29) is 12.7 Å². The molecule has 84 valence electrons. The van der Waals surface area contributed by atoms with Crippen LogP contribution in [-0.2, 0) is 4.74 Å². The van der Waals surface area contributed by atoms with Crippen molar-refractivity contribution < 1.29 is 20.1 Å². The van der Waals surface area contributed by atoms with Gasteiger partial charge in [0.1, 0.15) is 6.10 Å². The van der Waals surface area contributed by atoms with E-state index in [4.69, 9.17) is 9.84 Å². The normalized spacial score (nSPS) is 38.6. The average Bonchev–Trinajstić information content (AvgIpc) is 2.17. The Bertz CT molecular complexity index is 162. The Labute approximate surface area is 84.5 Å². The first kappa shape index (κ1) is 11.9. The minimum absolute atomic E-state index is 0.184. The van der Waals surface area contributed by atoms with E-state index in [1.54, 1.807) is 0 Å². The highest BCUT2D eigenvalue weighted by Crippen LogP contribution is 2.23. The van der Waals surface area contributed by atoms with E-state index < -0.39 is 18.3 Å². The van der Waals surface area contributed by atoms with E-state index in [9.17, 15) is 10.2 Å². The Morgan fingerprint density at radius 3 is 2.43 bits per heavy atom. The van der Waals surface area contributed by atoms with Crippen LogP contribution in [0.1, 0.15) is 32.6 Å². The summed E-state index contributed by atoms with van der Waals surface area (Å²) in [5.41, 5.74) is 0. The Morgan fingerprint density at radius 2 is 1.86 bits per heavy atom. The largest absolute Gasteiger partial charge is 0.394 e. The molecule has 0 radical (unpaired) electrons. The lowest BCUT2D eigenvalue weighted by atomic mass is 9.95. The molecule has 0 aromatic heterocycles. The fourth-order valence-corrected chi connectivity index (χ4v) is 1.79. The van der Waals surface area contributed by atoms with E-state index >= 15 is 0 Å². The van der Waals surface area contributed by atoms with Crippen molar-refractivity contribution in [2.45, 2.75) is 57.0 Å². The molecule has 1 rings (SSSR count). The van der Waals surface area contributed by atoms with Gasteiger partial charge in [0.05, 0.1) is 24.9 Å². The molecule has 0 saturated carbocycles. The molecule has 4 atom stereocenters. The Morgan fingerprint density at radius 1 is 1.21 bits per heavy atom. The highest BCUT2D eigenvalue weighted by molar-refractivity contribution is 4.84. The summed E-state index contributed by atoms with van der Waals surface area (Å²) in [5, 5.41) is 28.0. The molecule has 4 unspecified atom stereocenters. The van der Waals surface area contributed by atoms with E-state index in [2.05, 4.69) is 6.92 Å². The van der Waals surface area contributed by atoms with Crippen molar-refractivity contribution in [1.82, 2.24) is 0 Å². The minimum Gasteiger partial charge on any atom is -0.394 e. The predicted octanol–water partition coefficient (Wildman–Crippen LogP) is 0.0482. The van der Waals surface area contributed by atoms with Gasteiger partial charge >= 0.3 is 0 Å². The molecule has 0 aromatic carbocycles. The van der Waals surface area contributed by atoms with Gasteiger partial charge in [-0.05, 0) is 6.42 Å². The molecular formula is C10H20O4. The zero-order valence-corrected chi connectivity index (χ0v) is 8.59. The van der Waals surface area contributed by atoms with Gasteiger partial charge in [-0.2, -0.15) is 0 Å². The van der Waals surface area contributed by atoms with E-state index in [0.29, 0.717) is 6.42 Å². The van der Waals surface area contributed by atoms with Gasteiger partial charge in [0, 0.05) is 6.42 Å². The monoisotopic (exact) mass is 204 g/mol. The predicted molar refractivity (Wildman–Crippen MR) is 51.9 cm³/mol.